The fourth-order valence-electron chi connectivity index (χ4n) is 2.40. The Labute approximate surface area is 119 Å². The number of aromatic nitrogens is 2. The van der Waals surface area contributed by atoms with E-state index in [-0.39, 0.29) is 0 Å². The van der Waals surface area contributed by atoms with Gasteiger partial charge in [-0.3, -0.25) is 5.10 Å². The number of halogens is 1. The van der Waals surface area contributed by atoms with E-state index in [1.165, 1.54) is 5.56 Å². The lowest BCUT2D eigenvalue weighted by Crippen LogP contribution is -1.91. The standard InChI is InChI=1S/C15H13BrN2O/c1-9-6-7-13-11(8-17-18-13)14(9)10-4-3-5-12(16)15(10)19-2/h3-8H,1-2H3,(H,17,18). The highest BCUT2D eigenvalue weighted by Gasteiger charge is 2.14. The Kier molecular flexibility index (Phi) is 3.03. The monoisotopic (exact) mass is 316 g/mol. The molecule has 3 aromatic rings. The molecule has 0 bridgehead atoms. The van der Waals surface area contributed by atoms with Crippen LogP contribution < -0.4 is 4.74 Å². The second-order valence-corrected chi connectivity index (χ2v) is 5.26. The molecular formula is C15H13BrN2O. The zero-order valence-electron chi connectivity index (χ0n) is 10.7. The largest absolute Gasteiger partial charge is 0.495 e. The minimum Gasteiger partial charge on any atom is -0.495 e. The van der Waals surface area contributed by atoms with Crippen LogP contribution in [0.5, 0.6) is 5.75 Å². The van der Waals surface area contributed by atoms with E-state index in [2.05, 4.69) is 45.2 Å². The number of aromatic amines is 1. The van der Waals surface area contributed by atoms with Crippen molar-refractivity contribution in [3.63, 3.8) is 0 Å². The summed E-state index contributed by atoms with van der Waals surface area (Å²) in [7, 11) is 1.69. The number of H-pyrrole nitrogens is 1. The summed E-state index contributed by atoms with van der Waals surface area (Å²) in [4.78, 5) is 0. The van der Waals surface area contributed by atoms with Gasteiger partial charge in [0.15, 0.2) is 0 Å². The van der Waals surface area contributed by atoms with Crippen molar-refractivity contribution in [1.29, 1.82) is 0 Å². The van der Waals surface area contributed by atoms with E-state index >= 15 is 0 Å². The van der Waals surface area contributed by atoms with E-state index in [1.54, 1.807) is 7.11 Å². The van der Waals surface area contributed by atoms with Gasteiger partial charge in [-0.25, -0.2) is 0 Å². The molecule has 0 unspecified atom stereocenters. The van der Waals surface area contributed by atoms with Crippen molar-refractivity contribution < 1.29 is 4.74 Å². The van der Waals surface area contributed by atoms with Gasteiger partial charge in [-0.1, -0.05) is 18.2 Å². The summed E-state index contributed by atoms with van der Waals surface area (Å²) in [5.41, 5.74) is 4.46. The number of fused-ring (bicyclic) bond motifs is 1. The summed E-state index contributed by atoms with van der Waals surface area (Å²) in [5, 5.41) is 8.24. The van der Waals surface area contributed by atoms with Gasteiger partial charge in [0.05, 0.1) is 23.3 Å². The smallest absolute Gasteiger partial charge is 0.140 e. The van der Waals surface area contributed by atoms with Crippen LogP contribution in [-0.4, -0.2) is 17.3 Å². The lowest BCUT2D eigenvalue weighted by Gasteiger charge is -2.13. The molecule has 1 N–H and O–H groups in total. The Balaban J connectivity index is 2.39. The average Bonchev–Trinajstić information content (AvgIpc) is 2.86. The molecule has 0 saturated carbocycles. The third-order valence-electron chi connectivity index (χ3n) is 3.27. The second-order valence-electron chi connectivity index (χ2n) is 4.41. The molecule has 0 amide bonds. The van der Waals surface area contributed by atoms with Crippen molar-refractivity contribution >= 4 is 26.8 Å². The Morgan fingerprint density at radius 1 is 1.21 bits per heavy atom. The van der Waals surface area contributed by atoms with Crippen LogP contribution in [0.4, 0.5) is 0 Å². The molecular weight excluding hydrogens is 304 g/mol. The van der Waals surface area contributed by atoms with Crippen LogP contribution in [0.1, 0.15) is 5.56 Å². The van der Waals surface area contributed by atoms with Gasteiger partial charge in [0.25, 0.3) is 0 Å². The summed E-state index contributed by atoms with van der Waals surface area (Å²) in [6.45, 7) is 2.10. The maximum absolute atomic E-state index is 5.53. The normalized spacial score (nSPS) is 10.9. The predicted molar refractivity (Wildman–Crippen MR) is 80.5 cm³/mol. The van der Waals surface area contributed by atoms with Crippen LogP contribution in [-0.2, 0) is 0 Å². The molecule has 0 atom stereocenters. The molecule has 0 radical (unpaired) electrons. The van der Waals surface area contributed by atoms with Gasteiger partial charge < -0.3 is 4.74 Å². The molecule has 3 rings (SSSR count). The first-order valence-electron chi connectivity index (χ1n) is 5.98. The van der Waals surface area contributed by atoms with E-state index in [1.807, 2.05) is 24.4 Å². The van der Waals surface area contributed by atoms with Gasteiger partial charge in [-0.05, 0) is 46.1 Å². The summed E-state index contributed by atoms with van der Waals surface area (Å²) in [6, 6.07) is 10.2. The number of aryl methyl sites for hydroxylation is 1. The number of nitrogens with one attached hydrogen (secondary N) is 1. The number of benzene rings is 2. The second kappa shape index (κ2) is 4.70. The number of hydrogen-bond acceptors (Lipinski definition) is 2. The summed E-state index contributed by atoms with van der Waals surface area (Å²) in [6.07, 6.45) is 1.86. The average molecular weight is 317 g/mol. The van der Waals surface area contributed by atoms with Gasteiger partial charge in [-0.15, -0.1) is 0 Å². The molecule has 1 aromatic heterocycles. The minimum atomic E-state index is 0.847. The van der Waals surface area contributed by atoms with Gasteiger partial charge in [-0.2, -0.15) is 5.10 Å². The Hall–Kier alpha value is -1.81. The molecule has 4 heteroatoms. The molecule has 0 saturated heterocycles. The van der Waals surface area contributed by atoms with Crippen LogP contribution in [0.3, 0.4) is 0 Å². The first-order valence-corrected chi connectivity index (χ1v) is 6.77. The quantitative estimate of drug-likeness (QED) is 0.765. The topological polar surface area (TPSA) is 37.9 Å². The van der Waals surface area contributed by atoms with Crippen molar-refractivity contribution in [2.45, 2.75) is 6.92 Å². The molecule has 0 aliphatic carbocycles. The number of nitrogens with zero attached hydrogens (tertiary/aromatic N) is 1. The zero-order valence-corrected chi connectivity index (χ0v) is 12.3. The molecule has 0 aliphatic rings. The number of para-hydroxylation sites is 1. The first kappa shape index (κ1) is 12.2. The SMILES string of the molecule is COc1c(Br)cccc1-c1c(C)ccc2[nH]ncc12. The maximum atomic E-state index is 5.53. The fraction of sp³-hybridized carbons (Fsp3) is 0.133. The lowest BCUT2D eigenvalue weighted by molar-refractivity contribution is 0.414. The number of methoxy groups -OCH3 is 1. The van der Waals surface area contributed by atoms with Crippen LogP contribution >= 0.6 is 15.9 Å². The Bertz CT molecular complexity index is 749. The lowest BCUT2D eigenvalue weighted by atomic mass is 9.96. The van der Waals surface area contributed by atoms with E-state index in [9.17, 15) is 0 Å². The summed E-state index contributed by atoms with van der Waals surface area (Å²) in [5.74, 6) is 0.847. The first-order chi connectivity index (χ1) is 9.22. The summed E-state index contributed by atoms with van der Waals surface area (Å²) < 4.78 is 6.48. The van der Waals surface area contributed by atoms with E-state index < -0.39 is 0 Å². The highest BCUT2D eigenvalue weighted by atomic mass is 79.9. The Morgan fingerprint density at radius 3 is 2.84 bits per heavy atom. The van der Waals surface area contributed by atoms with E-state index in [4.69, 9.17) is 4.74 Å². The van der Waals surface area contributed by atoms with Gasteiger partial charge in [0.2, 0.25) is 0 Å². The minimum absolute atomic E-state index is 0.847. The molecule has 1 heterocycles. The van der Waals surface area contributed by atoms with Crippen molar-refractivity contribution in [2.24, 2.45) is 0 Å². The van der Waals surface area contributed by atoms with Crippen LogP contribution in [0.25, 0.3) is 22.0 Å². The highest BCUT2D eigenvalue weighted by Crippen LogP contribution is 2.40. The molecule has 2 aromatic carbocycles. The van der Waals surface area contributed by atoms with Crippen LogP contribution in [0, 0.1) is 6.92 Å². The molecule has 19 heavy (non-hydrogen) atoms. The molecule has 0 spiro atoms. The third kappa shape index (κ3) is 1.92. The summed E-state index contributed by atoms with van der Waals surface area (Å²) >= 11 is 3.54. The number of hydrogen-bond donors (Lipinski definition) is 1. The van der Waals surface area contributed by atoms with Crippen molar-refractivity contribution in [3.8, 4) is 16.9 Å². The van der Waals surface area contributed by atoms with Crippen LogP contribution in [0.15, 0.2) is 41.0 Å². The fourth-order valence-corrected chi connectivity index (χ4v) is 2.93. The zero-order chi connectivity index (χ0) is 13.4. The molecule has 0 fully saturated rings. The molecule has 3 nitrogen and oxygen atoms in total. The van der Waals surface area contributed by atoms with E-state index in [0.29, 0.717) is 0 Å². The van der Waals surface area contributed by atoms with Gasteiger partial charge >= 0.3 is 0 Å². The number of ether oxygens (including phenoxy) is 1. The molecule has 96 valence electrons. The predicted octanol–water partition coefficient (Wildman–Crippen LogP) is 4.31. The Morgan fingerprint density at radius 2 is 2.05 bits per heavy atom. The van der Waals surface area contributed by atoms with Crippen LogP contribution in [0.2, 0.25) is 0 Å². The van der Waals surface area contributed by atoms with Gasteiger partial charge in [0.1, 0.15) is 5.75 Å². The van der Waals surface area contributed by atoms with Crippen molar-refractivity contribution in [2.75, 3.05) is 7.11 Å². The van der Waals surface area contributed by atoms with Gasteiger partial charge in [0, 0.05) is 10.9 Å². The molecule has 0 aliphatic heterocycles. The van der Waals surface area contributed by atoms with Crippen molar-refractivity contribution in [3.05, 3.63) is 46.6 Å². The number of rotatable bonds is 2. The maximum Gasteiger partial charge on any atom is 0.140 e. The third-order valence-corrected chi connectivity index (χ3v) is 3.90. The van der Waals surface area contributed by atoms with E-state index in [0.717, 1.165) is 32.3 Å². The van der Waals surface area contributed by atoms with Crippen molar-refractivity contribution in [1.82, 2.24) is 10.2 Å². The highest BCUT2D eigenvalue weighted by molar-refractivity contribution is 9.10.